The van der Waals surface area contributed by atoms with Crippen molar-refractivity contribution in [2.24, 2.45) is 5.84 Å². The molecule has 1 heterocycles. The molecule has 0 fully saturated rings. The number of aryl methyl sites for hydroxylation is 1. The second kappa shape index (κ2) is 6.20. The van der Waals surface area contributed by atoms with E-state index in [9.17, 15) is 0 Å². The summed E-state index contributed by atoms with van der Waals surface area (Å²) in [5.74, 6) is 5.82. The number of nitrogens with zero attached hydrogens (tertiary/aromatic N) is 2. The molecule has 4 heteroatoms. The molecule has 0 bridgehead atoms. The van der Waals surface area contributed by atoms with E-state index in [-0.39, 0.29) is 11.5 Å². The van der Waals surface area contributed by atoms with Gasteiger partial charge in [-0.3, -0.25) is 16.0 Å². The molecular weight excluding hydrogens is 248 g/mol. The molecule has 2 aromatic rings. The maximum atomic E-state index is 5.82. The summed E-state index contributed by atoms with van der Waals surface area (Å²) >= 11 is 0. The Bertz CT molecular complexity index is 530. The first-order chi connectivity index (χ1) is 9.59. The first-order valence-electron chi connectivity index (χ1n) is 7.13. The van der Waals surface area contributed by atoms with Gasteiger partial charge < -0.3 is 0 Å². The van der Waals surface area contributed by atoms with Crippen molar-refractivity contribution >= 4 is 0 Å². The van der Waals surface area contributed by atoms with Crippen molar-refractivity contribution < 1.29 is 0 Å². The van der Waals surface area contributed by atoms with E-state index in [2.05, 4.69) is 61.8 Å². The molecule has 1 aromatic heterocycles. The fourth-order valence-electron chi connectivity index (χ4n) is 2.64. The van der Waals surface area contributed by atoms with Crippen molar-refractivity contribution in [2.45, 2.75) is 45.2 Å². The van der Waals surface area contributed by atoms with Crippen LogP contribution in [0.25, 0.3) is 0 Å². The Labute approximate surface area is 121 Å². The third kappa shape index (κ3) is 2.92. The number of hydrogen-bond acceptors (Lipinski definition) is 3. The monoisotopic (exact) mass is 272 g/mol. The lowest BCUT2D eigenvalue weighted by molar-refractivity contribution is 0.352. The quantitative estimate of drug-likeness (QED) is 0.628. The summed E-state index contributed by atoms with van der Waals surface area (Å²) in [4.78, 5) is 0. The maximum Gasteiger partial charge on any atom is 0.0582 e. The molecule has 2 rings (SSSR count). The van der Waals surface area contributed by atoms with Crippen LogP contribution in [0.1, 0.15) is 44.4 Å². The molecule has 20 heavy (non-hydrogen) atoms. The molecule has 0 aliphatic rings. The Hall–Kier alpha value is -1.65. The molecule has 0 spiro atoms. The highest BCUT2D eigenvalue weighted by atomic mass is 15.3. The van der Waals surface area contributed by atoms with Crippen LogP contribution in [-0.2, 0) is 12.0 Å². The van der Waals surface area contributed by atoms with E-state index in [0.29, 0.717) is 0 Å². The average Bonchev–Trinajstić information content (AvgIpc) is 2.89. The summed E-state index contributed by atoms with van der Waals surface area (Å²) in [7, 11) is 0. The fourth-order valence-corrected chi connectivity index (χ4v) is 2.64. The summed E-state index contributed by atoms with van der Waals surface area (Å²) in [5, 5.41) is 4.40. The minimum absolute atomic E-state index is 0.0236. The van der Waals surface area contributed by atoms with E-state index in [4.69, 9.17) is 5.84 Å². The van der Waals surface area contributed by atoms with Crippen LogP contribution in [0.2, 0.25) is 0 Å². The van der Waals surface area contributed by atoms with E-state index >= 15 is 0 Å². The Morgan fingerprint density at radius 3 is 2.60 bits per heavy atom. The van der Waals surface area contributed by atoms with Gasteiger partial charge in [0.1, 0.15) is 0 Å². The minimum Gasteiger partial charge on any atom is -0.272 e. The van der Waals surface area contributed by atoms with Crippen LogP contribution in [0.15, 0.2) is 42.7 Å². The maximum absolute atomic E-state index is 5.82. The second-order valence-corrected chi connectivity index (χ2v) is 5.72. The Balaban J connectivity index is 2.30. The van der Waals surface area contributed by atoms with Crippen molar-refractivity contribution in [1.29, 1.82) is 0 Å². The SMILES string of the molecule is CCCn1cc(C(NN)C(C)(C)c2ccccc2)cn1. The predicted molar refractivity (Wildman–Crippen MR) is 82.1 cm³/mol. The van der Waals surface area contributed by atoms with E-state index in [1.54, 1.807) is 0 Å². The topological polar surface area (TPSA) is 55.9 Å². The number of hydrogen-bond donors (Lipinski definition) is 2. The zero-order valence-corrected chi connectivity index (χ0v) is 12.5. The lowest BCUT2D eigenvalue weighted by Crippen LogP contribution is -2.40. The first kappa shape index (κ1) is 14.8. The highest BCUT2D eigenvalue weighted by molar-refractivity contribution is 5.29. The van der Waals surface area contributed by atoms with E-state index in [0.717, 1.165) is 18.5 Å². The van der Waals surface area contributed by atoms with Gasteiger partial charge in [0, 0.05) is 23.7 Å². The molecule has 108 valence electrons. The number of aromatic nitrogens is 2. The van der Waals surface area contributed by atoms with Gasteiger partial charge in [-0.2, -0.15) is 5.10 Å². The number of nitrogens with one attached hydrogen (secondary N) is 1. The van der Waals surface area contributed by atoms with Crippen molar-refractivity contribution in [3.8, 4) is 0 Å². The van der Waals surface area contributed by atoms with Gasteiger partial charge in [0.2, 0.25) is 0 Å². The van der Waals surface area contributed by atoms with Gasteiger partial charge >= 0.3 is 0 Å². The van der Waals surface area contributed by atoms with Crippen molar-refractivity contribution in [3.63, 3.8) is 0 Å². The van der Waals surface area contributed by atoms with E-state index < -0.39 is 0 Å². The molecule has 1 unspecified atom stereocenters. The van der Waals surface area contributed by atoms with Crippen LogP contribution >= 0.6 is 0 Å². The van der Waals surface area contributed by atoms with Crippen molar-refractivity contribution in [1.82, 2.24) is 15.2 Å². The number of benzene rings is 1. The summed E-state index contributed by atoms with van der Waals surface area (Å²) in [6.07, 6.45) is 5.06. The second-order valence-electron chi connectivity index (χ2n) is 5.72. The molecular formula is C16H24N4. The smallest absolute Gasteiger partial charge is 0.0582 e. The third-order valence-electron chi connectivity index (χ3n) is 3.85. The predicted octanol–water partition coefficient (Wildman–Crippen LogP) is 2.78. The van der Waals surface area contributed by atoms with E-state index in [1.165, 1.54) is 5.56 Å². The van der Waals surface area contributed by atoms with Gasteiger partial charge in [-0.05, 0) is 12.0 Å². The van der Waals surface area contributed by atoms with Crippen LogP contribution in [-0.4, -0.2) is 9.78 Å². The largest absolute Gasteiger partial charge is 0.272 e. The van der Waals surface area contributed by atoms with Gasteiger partial charge in [0.05, 0.1) is 12.2 Å². The molecule has 4 nitrogen and oxygen atoms in total. The van der Waals surface area contributed by atoms with Crippen LogP contribution < -0.4 is 11.3 Å². The normalized spacial score (nSPS) is 13.4. The third-order valence-corrected chi connectivity index (χ3v) is 3.85. The lowest BCUT2D eigenvalue weighted by Gasteiger charge is -2.34. The number of hydrazine groups is 1. The Kier molecular flexibility index (Phi) is 4.57. The number of rotatable bonds is 6. The summed E-state index contributed by atoms with van der Waals surface area (Å²) in [6, 6.07) is 10.5. The Morgan fingerprint density at radius 1 is 1.30 bits per heavy atom. The fraction of sp³-hybridized carbons (Fsp3) is 0.438. The average molecular weight is 272 g/mol. The summed E-state index contributed by atoms with van der Waals surface area (Å²) in [6.45, 7) is 7.48. The van der Waals surface area contributed by atoms with Gasteiger partial charge in [-0.15, -0.1) is 0 Å². The summed E-state index contributed by atoms with van der Waals surface area (Å²) < 4.78 is 1.97. The molecule has 0 amide bonds. The summed E-state index contributed by atoms with van der Waals surface area (Å²) in [5.41, 5.74) is 5.22. The molecule has 1 atom stereocenters. The van der Waals surface area contributed by atoms with Crippen LogP contribution in [0.5, 0.6) is 0 Å². The molecule has 1 aromatic carbocycles. The van der Waals surface area contributed by atoms with Gasteiger partial charge in [0.25, 0.3) is 0 Å². The van der Waals surface area contributed by atoms with Crippen molar-refractivity contribution in [2.75, 3.05) is 0 Å². The number of nitrogens with two attached hydrogens (primary N) is 1. The standard InChI is InChI=1S/C16H24N4/c1-4-10-20-12-13(11-18-20)15(19-17)16(2,3)14-8-6-5-7-9-14/h5-9,11-12,15,19H,4,10,17H2,1-3H3. The van der Waals surface area contributed by atoms with Gasteiger partial charge in [0.15, 0.2) is 0 Å². The molecule has 0 aliphatic carbocycles. The van der Waals surface area contributed by atoms with Crippen LogP contribution in [0.4, 0.5) is 0 Å². The van der Waals surface area contributed by atoms with Crippen LogP contribution in [0.3, 0.4) is 0 Å². The van der Waals surface area contributed by atoms with Gasteiger partial charge in [-0.25, -0.2) is 0 Å². The molecule has 0 saturated carbocycles. The zero-order chi connectivity index (χ0) is 14.6. The minimum atomic E-state index is -0.115. The molecule has 0 saturated heterocycles. The molecule has 3 N–H and O–H groups in total. The first-order valence-corrected chi connectivity index (χ1v) is 7.13. The molecule has 0 radical (unpaired) electrons. The van der Waals surface area contributed by atoms with Gasteiger partial charge in [-0.1, -0.05) is 51.1 Å². The lowest BCUT2D eigenvalue weighted by atomic mass is 9.76. The zero-order valence-electron chi connectivity index (χ0n) is 12.5. The highest BCUT2D eigenvalue weighted by Gasteiger charge is 2.32. The van der Waals surface area contributed by atoms with E-state index in [1.807, 2.05) is 16.9 Å². The molecule has 0 aliphatic heterocycles. The van der Waals surface area contributed by atoms with Crippen LogP contribution in [0, 0.1) is 0 Å². The van der Waals surface area contributed by atoms with Crippen molar-refractivity contribution in [3.05, 3.63) is 53.9 Å². The Morgan fingerprint density at radius 2 is 2.00 bits per heavy atom. The highest BCUT2D eigenvalue weighted by Crippen LogP contribution is 2.36.